The lowest BCUT2D eigenvalue weighted by Gasteiger charge is -2.05. The summed E-state index contributed by atoms with van der Waals surface area (Å²) in [5, 5.41) is 6.71. The molecule has 0 spiro atoms. The smallest absolute Gasteiger partial charge is 0.329 e. The molecule has 2 N–H and O–H groups in total. The van der Waals surface area contributed by atoms with Crippen molar-refractivity contribution in [3.63, 3.8) is 0 Å². The summed E-state index contributed by atoms with van der Waals surface area (Å²) < 4.78 is 5.33. The average molecular weight is 360 g/mol. The van der Waals surface area contributed by atoms with Crippen molar-refractivity contribution in [1.29, 1.82) is 0 Å². The monoisotopic (exact) mass is 359 g/mol. The van der Waals surface area contributed by atoms with Gasteiger partial charge in [-0.25, -0.2) is 5.43 Å². The van der Waals surface area contributed by atoms with Gasteiger partial charge in [0.15, 0.2) is 0 Å². The number of ether oxygens (including phenoxy) is 1. The van der Waals surface area contributed by atoms with E-state index in [2.05, 4.69) is 15.8 Å². The fourth-order valence-electron chi connectivity index (χ4n) is 1.94. The van der Waals surface area contributed by atoms with Gasteiger partial charge < -0.3 is 10.1 Å². The number of hydrogen-bond acceptors (Lipinski definition) is 4. The number of nitrogens with one attached hydrogen (secondary N) is 2. The fourth-order valence-corrected chi connectivity index (χ4v) is 2.19. The second-order valence-corrected chi connectivity index (χ2v) is 5.40. The van der Waals surface area contributed by atoms with Crippen molar-refractivity contribution in [2.75, 3.05) is 6.61 Å². The molecular weight excluding hydrogens is 342 g/mol. The Morgan fingerprint density at radius 3 is 2.60 bits per heavy atom. The number of nitrogens with zero attached hydrogens (tertiary/aromatic N) is 1. The van der Waals surface area contributed by atoms with Gasteiger partial charge in [-0.1, -0.05) is 41.9 Å². The second kappa shape index (κ2) is 9.44. The average Bonchev–Trinajstić information content (AvgIpc) is 2.62. The van der Waals surface area contributed by atoms with Crippen LogP contribution in [0, 0.1) is 0 Å². The first kappa shape index (κ1) is 18.5. The number of hydrazone groups is 1. The number of benzene rings is 2. The number of carbonyl (C=O) groups is 2. The van der Waals surface area contributed by atoms with E-state index in [0.717, 1.165) is 5.56 Å². The van der Waals surface area contributed by atoms with Crippen LogP contribution in [0.1, 0.15) is 18.1 Å². The fraction of sp³-hybridized carbons (Fsp3) is 0.167. The molecule has 0 heterocycles. The predicted molar refractivity (Wildman–Crippen MR) is 96.6 cm³/mol. The van der Waals surface area contributed by atoms with Crippen LogP contribution in [0.3, 0.4) is 0 Å². The molecule has 2 aromatic carbocycles. The highest BCUT2D eigenvalue weighted by Crippen LogP contribution is 2.24. The van der Waals surface area contributed by atoms with Gasteiger partial charge in [0, 0.05) is 6.54 Å². The Balaban J connectivity index is 1.83. The van der Waals surface area contributed by atoms with Gasteiger partial charge in [0.2, 0.25) is 0 Å². The zero-order valence-corrected chi connectivity index (χ0v) is 14.4. The van der Waals surface area contributed by atoms with E-state index >= 15 is 0 Å². The molecule has 0 unspecified atom stereocenters. The molecule has 2 amide bonds. The Hall–Kier alpha value is -2.86. The number of halogens is 1. The van der Waals surface area contributed by atoms with E-state index in [1.165, 1.54) is 6.21 Å². The molecule has 0 saturated heterocycles. The summed E-state index contributed by atoms with van der Waals surface area (Å²) in [5.41, 5.74) is 3.74. The molecule has 130 valence electrons. The largest absolute Gasteiger partial charge is 0.492 e. The van der Waals surface area contributed by atoms with Gasteiger partial charge in [0.1, 0.15) is 5.75 Å². The highest BCUT2D eigenvalue weighted by atomic mass is 35.5. The van der Waals surface area contributed by atoms with Gasteiger partial charge in [-0.3, -0.25) is 9.59 Å². The summed E-state index contributed by atoms with van der Waals surface area (Å²) in [5.74, 6) is -1.03. The Morgan fingerprint density at radius 1 is 1.16 bits per heavy atom. The van der Waals surface area contributed by atoms with Crippen molar-refractivity contribution in [2.24, 2.45) is 5.10 Å². The summed E-state index contributed by atoms with van der Waals surface area (Å²) in [6.07, 6.45) is 1.39. The molecule has 0 aliphatic rings. The maximum absolute atomic E-state index is 11.7. The summed E-state index contributed by atoms with van der Waals surface area (Å²) >= 11 is 6.06. The van der Waals surface area contributed by atoms with E-state index in [0.29, 0.717) is 22.9 Å². The van der Waals surface area contributed by atoms with Crippen LogP contribution in [-0.2, 0) is 16.1 Å². The summed E-state index contributed by atoms with van der Waals surface area (Å²) in [6, 6.07) is 14.4. The van der Waals surface area contributed by atoms with Crippen LogP contribution in [-0.4, -0.2) is 24.6 Å². The molecule has 0 fully saturated rings. The van der Waals surface area contributed by atoms with Crippen LogP contribution < -0.4 is 15.5 Å². The van der Waals surface area contributed by atoms with Gasteiger partial charge in [0.25, 0.3) is 0 Å². The van der Waals surface area contributed by atoms with Crippen molar-refractivity contribution < 1.29 is 14.3 Å². The molecule has 0 aliphatic carbocycles. The van der Waals surface area contributed by atoms with Gasteiger partial charge in [-0.15, -0.1) is 0 Å². The van der Waals surface area contributed by atoms with E-state index in [4.69, 9.17) is 16.3 Å². The van der Waals surface area contributed by atoms with E-state index in [1.54, 1.807) is 18.2 Å². The third-order valence-electron chi connectivity index (χ3n) is 3.14. The minimum atomic E-state index is -0.843. The Kier molecular flexibility index (Phi) is 6.98. The highest BCUT2D eigenvalue weighted by molar-refractivity contribution is 6.35. The SMILES string of the molecule is CCOc1ccc(/C=N\NC(=O)C(=O)NCc2ccccc2)cc1Cl. The van der Waals surface area contributed by atoms with Crippen molar-refractivity contribution >= 4 is 29.6 Å². The summed E-state index contributed by atoms with van der Waals surface area (Å²) in [6.45, 7) is 2.65. The molecule has 6 nitrogen and oxygen atoms in total. The minimum Gasteiger partial charge on any atom is -0.492 e. The molecule has 0 atom stereocenters. The molecule has 2 rings (SSSR count). The van der Waals surface area contributed by atoms with Gasteiger partial charge in [0.05, 0.1) is 17.8 Å². The standard InChI is InChI=1S/C18H18ClN3O3/c1-2-25-16-9-8-14(10-15(16)19)12-21-22-18(24)17(23)20-11-13-6-4-3-5-7-13/h3-10,12H,2,11H2,1H3,(H,20,23)(H,22,24)/b21-12-. The lowest BCUT2D eigenvalue weighted by atomic mass is 10.2. The first-order valence-corrected chi connectivity index (χ1v) is 8.05. The van der Waals surface area contributed by atoms with Gasteiger partial charge >= 0.3 is 11.8 Å². The molecule has 0 saturated carbocycles. The summed E-state index contributed by atoms with van der Waals surface area (Å²) in [4.78, 5) is 23.4. The molecule has 25 heavy (non-hydrogen) atoms. The molecular formula is C18H18ClN3O3. The zero-order chi connectivity index (χ0) is 18.1. The maximum atomic E-state index is 11.7. The normalized spacial score (nSPS) is 10.5. The zero-order valence-electron chi connectivity index (χ0n) is 13.7. The molecule has 0 aliphatic heterocycles. The number of rotatable bonds is 6. The van der Waals surface area contributed by atoms with Crippen LogP contribution in [0.25, 0.3) is 0 Å². The molecule has 2 aromatic rings. The molecule has 7 heteroatoms. The van der Waals surface area contributed by atoms with E-state index in [9.17, 15) is 9.59 Å². The van der Waals surface area contributed by atoms with Crippen LogP contribution in [0.2, 0.25) is 5.02 Å². The van der Waals surface area contributed by atoms with Gasteiger partial charge in [-0.05, 0) is 36.2 Å². The predicted octanol–water partition coefficient (Wildman–Crippen LogP) is 2.51. The quantitative estimate of drug-likeness (QED) is 0.472. The van der Waals surface area contributed by atoms with Crippen LogP contribution in [0.4, 0.5) is 0 Å². The molecule has 0 aromatic heterocycles. The Labute approximate surface area is 150 Å². The van der Waals surface area contributed by atoms with E-state index in [1.807, 2.05) is 37.3 Å². The van der Waals surface area contributed by atoms with Crippen LogP contribution in [0.15, 0.2) is 53.6 Å². The minimum absolute atomic E-state index is 0.269. The van der Waals surface area contributed by atoms with Crippen LogP contribution in [0.5, 0.6) is 5.75 Å². The Morgan fingerprint density at radius 2 is 1.92 bits per heavy atom. The van der Waals surface area contributed by atoms with Crippen molar-refractivity contribution in [2.45, 2.75) is 13.5 Å². The van der Waals surface area contributed by atoms with E-state index in [-0.39, 0.29) is 6.54 Å². The lowest BCUT2D eigenvalue weighted by Crippen LogP contribution is -2.37. The van der Waals surface area contributed by atoms with Gasteiger partial charge in [-0.2, -0.15) is 5.10 Å². The molecule has 0 radical (unpaired) electrons. The Bertz CT molecular complexity index is 763. The third-order valence-corrected chi connectivity index (χ3v) is 3.43. The molecule has 0 bridgehead atoms. The maximum Gasteiger partial charge on any atom is 0.329 e. The number of carbonyl (C=O) groups excluding carboxylic acids is 2. The van der Waals surface area contributed by atoms with Crippen molar-refractivity contribution in [3.8, 4) is 5.75 Å². The summed E-state index contributed by atoms with van der Waals surface area (Å²) in [7, 11) is 0. The van der Waals surface area contributed by atoms with Crippen molar-refractivity contribution in [1.82, 2.24) is 10.7 Å². The third kappa shape index (κ3) is 5.93. The lowest BCUT2D eigenvalue weighted by molar-refractivity contribution is -0.139. The topological polar surface area (TPSA) is 79.8 Å². The number of amides is 2. The highest BCUT2D eigenvalue weighted by Gasteiger charge is 2.11. The second-order valence-electron chi connectivity index (χ2n) is 4.99. The van der Waals surface area contributed by atoms with Crippen LogP contribution >= 0.6 is 11.6 Å². The van der Waals surface area contributed by atoms with E-state index < -0.39 is 11.8 Å². The number of hydrogen-bond donors (Lipinski definition) is 2. The van der Waals surface area contributed by atoms with Crippen molar-refractivity contribution in [3.05, 3.63) is 64.7 Å². The first-order chi connectivity index (χ1) is 12.1. The first-order valence-electron chi connectivity index (χ1n) is 7.67.